The quantitative estimate of drug-likeness (QED) is 0.770. The molecule has 0 amide bonds. The highest BCUT2D eigenvalue weighted by atomic mass is 79.9. The van der Waals surface area contributed by atoms with Gasteiger partial charge in [0.05, 0.1) is 23.9 Å². The van der Waals surface area contributed by atoms with Gasteiger partial charge in [-0.05, 0) is 47.0 Å². The van der Waals surface area contributed by atoms with Gasteiger partial charge in [-0.15, -0.1) is 0 Å². The van der Waals surface area contributed by atoms with E-state index in [0.717, 1.165) is 10.2 Å². The van der Waals surface area contributed by atoms with E-state index >= 15 is 0 Å². The molecule has 0 spiro atoms. The molecule has 0 unspecified atom stereocenters. The number of methoxy groups -OCH3 is 1. The molecule has 0 aliphatic rings. The van der Waals surface area contributed by atoms with Crippen LogP contribution in [0.25, 0.3) is 0 Å². The molecule has 0 radical (unpaired) electrons. The van der Waals surface area contributed by atoms with Crippen molar-refractivity contribution in [1.82, 2.24) is 0 Å². The summed E-state index contributed by atoms with van der Waals surface area (Å²) in [5, 5.41) is 4.89. The molecule has 2 N–H and O–H groups in total. The van der Waals surface area contributed by atoms with Crippen LogP contribution in [0.2, 0.25) is 0 Å². The Balaban J connectivity index is 2.36. The van der Waals surface area contributed by atoms with Crippen molar-refractivity contribution in [3.63, 3.8) is 0 Å². The number of hydrogen-bond donors (Lipinski definition) is 1. The highest BCUT2D eigenvalue weighted by Crippen LogP contribution is 2.29. The number of ether oxygens (including phenoxy) is 2. The lowest BCUT2D eigenvalue weighted by Gasteiger charge is -2.09. The molecular weight excluding hydrogens is 322 g/mol. The molecule has 1 rings (SSSR count). The Kier molecular flexibility index (Phi) is 5.90. The van der Waals surface area contributed by atoms with Gasteiger partial charge in [-0.2, -0.15) is 0 Å². The number of primary sulfonamides is 1. The van der Waals surface area contributed by atoms with Crippen molar-refractivity contribution in [2.24, 2.45) is 5.14 Å². The van der Waals surface area contributed by atoms with Gasteiger partial charge in [0, 0.05) is 0 Å². The lowest BCUT2D eigenvalue weighted by molar-refractivity contribution is 0.307. The monoisotopic (exact) mass is 337 g/mol. The average Bonchev–Trinajstić information content (AvgIpc) is 2.29. The van der Waals surface area contributed by atoms with Crippen molar-refractivity contribution in [1.29, 1.82) is 0 Å². The van der Waals surface area contributed by atoms with Crippen molar-refractivity contribution < 1.29 is 17.9 Å². The van der Waals surface area contributed by atoms with Crippen LogP contribution >= 0.6 is 15.9 Å². The molecule has 0 fully saturated rings. The molecule has 0 aromatic heterocycles. The third-order valence-electron chi connectivity index (χ3n) is 2.22. The van der Waals surface area contributed by atoms with Gasteiger partial charge in [0.25, 0.3) is 0 Å². The van der Waals surface area contributed by atoms with Crippen LogP contribution in [0, 0.1) is 0 Å². The van der Waals surface area contributed by atoms with Crippen LogP contribution in [-0.4, -0.2) is 27.9 Å². The zero-order valence-electron chi connectivity index (χ0n) is 10.1. The number of rotatable bonds is 7. The predicted molar refractivity (Wildman–Crippen MR) is 73.4 cm³/mol. The molecule has 7 heteroatoms. The van der Waals surface area contributed by atoms with Gasteiger partial charge in [-0.1, -0.05) is 0 Å². The maximum Gasteiger partial charge on any atom is 0.209 e. The van der Waals surface area contributed by atoms with Gasteiger partial charge in [0.2, 0.25) is 10.0 Å². The van der Waals surface area contributed by atoms with Crippen LogP contribution in [0.4, 0.5) is 0 Å². The van der Waals surface area contributed by atoms with E-state index in [1.54, 1.807) is 25.3 Å². The van der Waals surface area contributed by atoms with Gasteiger partial charge in [0.1, 0.15) is 11.5 Å². The van der Waals surface area contributed by atoms with E-state index in [-0.39, 0.29) is 5.75 Å². The molecule has 0 heterocycles. The van der Waals surface area contributed by atoms with Gasteiger partial charge < -0.3 is 9.47 Å². The van der Waals surface area contributed by atoms with E-state index in [4.69, 9.17) is 14.6 Å². The summed E-state index contributed by atoms with van der Waals surface area (Å²) >= 11 is 3.37. The average molecular weight is 338 g/mol. The molecule has 0 aliphatic heterocycles. The van der Waals surface area contributed by atoms with E-state index in [1.807, 2.05) is 0 Å². The first-order valence-corrected chi connectivity index (χ1v) is 7.90. The standard InChI is InChI=1S/C11H16BrNO4S/c1-16-9-4-5-11(10(12)8-9)17-6-2-3-7-18(13,14)15/h4-5,8H,2-3,6-7H2,1H3,(H2,13,14,15). The minimum absolute atomic E-state index is 0.0137. The minimum atomic E-state index is -3.37. The first kappa shape index (κ1) is 15.3. The molecule has 0 bridgehead atoms. The highest BCUT2D eigenvalue weighted by Gasteiger charge is 2.04. The summed E-state index contributed by atoms with van der Waals surface area (Å²) in [4.78, 5) is 0. The number of nitrogens with two attached hydrogens (primary N) is 1. The Labute approximate surface area is 115 Å². The van der Waals surface area contributed by atoms with Crippen LogP contribution in [0.1, 0.15) is 12.8 Å². The molecule has 0 aliphatic carbocycles. The fraction of sp³-hybridized carbons (Fsp3) is 0.455. The largest absolute Gasteiger partial charge is 0.497 e. The smallest absolute Gasteiger partial charge is 0.209 e. The third-order valence-corrected chi connectivity index (χ3v) is 3.70. The predicted octanol–water partition coefficient (Wildman–Crippen LogP) is 1.91. The number of benzene rings is 1. The van der Waals surface area contributed by atoms with Gasteiger partial charge >= 0.3 is 0 Å². The van der Waals surface area contributed by atoms with Crippen molar-refractivity contribution in [3.05, 3.63) is 22.7 Å². The van der Waals surface area contributed by atoms with Crippen LogP contribution in [0.5, 0.6) is 11.5 Å². The molecule has 1 aromatic rings. The topological polar surface area (TPSA) is 78.6 Å². The number of hydrogen-bond acceptors (Lipinski definition) is 4. The lowest BCUT2D eigenvalue weighted by atomic mass is 10.3. The Morgan fingerprint density at radius 3 is 2.61 bits per heavy atom. The van der Waals surface area contributed by atoms with Crippen molar-refractivity contribution in [2.45, 2.75) is 12.8 Å². The van der Waals surface area contributed by atoms with E-state index < -0.39 is 10.0 Å². The van der Waals surface area contributed by atoms with Crippen molar-refractivity contribution >= 4 is 26.0 Å². The van der Waals surface area contributed by atoms with Gasteiger partial charge in [-0.3, -0.25) is 0 Å². The molecule has 0 saturated heterocycles. The number of unbranched alkanes of at least 4 members (excludes halogenated alkanes) is 1. The second-order valence-electron chi connectivity index (χ2n) is 3.72. The molecule has 102 valence electrons. The summed E-state index contributed by atoms with van der Waals surface area (Å²) in [5.41, 5.74) is 0. The van der Waals surface area contributed by atoms with Crippen molar-refractivity contribution in [3.8, 4) is 11.5 Å². The zero-order chi connectivity index (χ0) is 13.6. The van der Waals surface area contributed by atoms with Crippen LogP contribution < -0.4 is 14.6 Å². The summed E-state index contributed by atoms with van der Waals surface area (Å²) < 4.78 is 32.8. The van der Waals surface area contributed by atoms with Crippen LogP contribution in [0.3, 0.4) is 0 Å². The lowest BCUT2D eigenvalue weighted by Crippen LogP contribution is -2.16. The van der Waals surface area contributed by atoms with Crippen LogP contribution in [-0.2, 0) is 10.0 Å². The summed E-state index contributed by atoms with van der Waals surface area (Å²) in [7, 11) is -1.77. The first-order valence-electron chi connectivity index (χ1n) is 5.39. The fourth-order valence-corrected chi connectivity index (χ4v) is 2.39. The molecule has 0 saturated carbocycles. The van der Waals surface area contributed by atoms with E-state index in [0.29, 0.717) is 25.2 Å². The maximum atomic E-state index is 10.7. The number of sulfonamides is 1. The SMILES string of the molecule is COc1ccc(OCCCCS(N)(=O)=O)c(Br)c1. The molecule has 1 aromatic carbocycles. The van der Waals surface area contributed by atoms with Crippen molar-refractivity contribution in [2.75, 3.05) is 19.5 Å². The molecule has 0 atom stereocenters. The summed E-state index contributed by atoms with van der Waals surface area (Å²) in [6, 6.07) is 5.40. The van der Waals surface area contributed by atoms with E-state index in [9.17, 15) is 8.42 Å². The van der Waals surface area contributed by atoms with Crippen LogP contribution in [0.15, 0.2) is 22.7 Å². The third kappa shape index (κ3) is 5.70. The summed E-state index contributed by atoms with van der Waals surface area (Å²) in [6.07, 6.45) is 1.13. The van der Waals surface area contributed by atoms with E-state index in [2.05, 4.69) is 15.9 Å². The molecular formula is C11H16BrNO4S. The summed E-state index contributed by atoms with van der Waals surface area (Å²) in [5.74, 6) is 1.43. The normalized spacial score (nSPS) is 11.3. The molecule has 18 heavy (non-hydrogen) atoms. The molecule has 5 nitrogen and oxygen atoms in total. The highest BCUT2D eigenvalue weighted by molar-refractivity contribution is 9.10. The zero-order valence-corrected chi connectivity index (χ0v) is 12.5. The maximum absolute atomic E-state index is 10.7. The van der Waals surface area contributed by atoms with Gasteiger partial charge in [0.15, 0.2) is 0 Å². The Morgan fingerprint density at radius 2 is 2.06 bits per heavy atom. The summed E-state index contributed by atoms with van der Waals surface area (Å²) in [6.45, 7) is 0.445. The Morgan fingerprint density at radius 1 is 1.33 bits per heavy atom. The second kappa shape index (κ2) is 6.96. The first-order chi connectivity index (χ1) is 8.42. The Bertz CT molecular complexity index is 490. The fourth-order valence-electron chi connectivity index (χ4n) is 1.31. The Hall–Kier alpha value is -0.790. The van der Waals surface area contributed by atoms with Gasteiger partial charge in [-0.25, -0.2) is 13.6 Å². The minimum Gasteiger partial charge on any atom is -0.497 e. The number of halogens is 1. The second-order valence-corrected chi connectivity index (χ2v) is 6.31. The van der Waals surface area contributed by atoms with E-state index in [1.165, 1.54) is 0 Å².